The number of aromatic nitrogens is 2. The summed E-state index contributed by atoms with van der Waals surface area (Å²) in [7, 11) is 1.73. The minimum atomic E-state index is -0.901. The Morgan fingerprint density at radius 1 is 1.59 bits per heavy atom. The highest BCUT2D eigenvalue weighted by Crippen LogP contribution is 2.15. The molecule has 1 aromatic heterocycles. The van der Waals surface area contributed by atoms with Crippen molar-refractivity contribution >= 4 is 23.6 Å². The van der Waals surface area contributed by atoms with Crippen molar-refractivity contribution in [1.29, 1.82) is 0 Å². The highest BCUT2D eigenvalue weighted by atomic mass is 32.2. The first-order valence-corrected chi connectivity index (χ1v) is 6.12. The average Bonchev–Trinajstić information content (AvgIpc) is 2.72. The van der Waals surface area contributed by atoms with Gasteiger partial charge in [0.25, 0.3) is 0 Å². The van der Waals surface area contributed by atoms with E-state index in [9.17, 15) is 9.59 Å². The molecule has 1 N–H and O–H groups in total. The van der Waals surface area contributed by atoms with Crippen LogP contribution in [0.25, 0.3) is 0 Å². The van der Waals surface area contributed by atoms with Crippen molar-refractivity contribution in [2.45, 2.75) is 18.6 Å². The Kier molecular flexibility index (Phi) is 5.02. The second kappa shape index (κ2) is 6.29. The molecule has 0 aliphatic carbocycles. The largest absolute Gasteiger partial charge is 0.481 e. The van der Waals surface area contributed by atoms with Crippen LogP contribution >= 0.6 is 11.8 Å². The van der Waals surface area contributed by atoms with Gasteiger partial charge in [-0.25, -0.2) is 4.98 Å². The number of likely N-dealkylation sites (N-methyl/N-ethyl adjacent to an activating group) is 1. The number of rotatable bonds is 6. The summed E-state index contributed by atoms with van der Waals surface area (Å²) >= 11 is 1.10. The van der Waals surface area contributed by atoms with Crippen molar-refractivity contribution in [1.82, 2.24) is 14.5 Å². The number of hydrogen-bond donors (Lipinski definition) is 1. The van der Waals surface area contributed by atoms with Gasteiger partial charge >= 0.3 is 5.97 Å². The first kappa shape index (κ1) is 13.6. The van der Waals surface area contributed by atoms with Crippen LogP contribution in [0.3, 0.4) is 0 Å². The van der Waals surface area contributed by atoms with Gasteiger partial charge in [-0.1, -0.05) is 11.8 Å². The minimum Gasteiger partial charge on any atom is -0.481 e. The molecule has 0 unspecified atom stereocenters. The molecule has 0 atom stereocenters. The number of thioether (sulfide) groups is 1. The van der Waals surface area contributed by atoms with Crippen LogP contribution in [0.4, 0.5) is 0 Å². The summed E-state index contributed by atoms with van der Waals surface area (Å²) in [5.74, 6) is -0.987. The molecule has 1 amide bonds. The molecule has 17 heavy (non-hydrogen) atoms. The van der Waals surface area contributed by atoms with Gasteiger partial charge in [0.15, 0.2) is 5.16 Å². The van der Waals surface area contributed by atoms with Crippen LogP contribution in [0.1, 0.15) is 6.92 Å². The maximum absolute atomic E-state index is 11.7. The van der Waals surface area contributed by atoms with Crippen molar-refractivity contribution in [3.63, 3.8) is 0 Å². The Morgan fingerprint density at radius 3 is 2.88 bits per heavy atom. The van der Waals surface area contributed by atoms with Gasteiger partial charge in [-0.15, -0.1) is 0 Å². The van der Waals surface area contributed by atoms with E-state index in [4.69, 9.17) is 5.11 Å². The standard InChI is InChI=1S/C10H15N3O3S/c1-3-12(2)8(14)6-13-5-4-11-10(13)17-7-9(15)16/h4-5H,3,6-7H2,1-2H3,(H,15,16). The molecular weight excluding hydrogens is 242 g/mol. The molecule has 1 rings (SSSR count). The molecule has 0 fully saturated rings. The third kappa shape index (κ3) is 4.10. The van der Waals surface area contributed by atoms with Crippen LogP contribution in [0.2, 0.25) is 0 Å². The van der Waals surface area contributed by atoms with Crippen molar-refractivity contribution in [2.75, 3.05) is 19.3 Å². The lowest BCUT2D eigenvalue weighted by molar-refractivity contribution is -0.134. The summed E-state index contributed by atoms with van der Waals surface area (Å²) < 4.78 is 1.65. The summed E-state index contributed by atoms with van der Waals surface area (Å²) in [5.41, 5.74) is 0. The predicted octanol–water partition coefficient (Wildman–Crippen LogP) is 0.538. The van der Waals surface area contributed by atoms with E-state index >= 15 is 0 Å². The summed E-state index contributed by atoms with van der Waals surface area (Å²) in [6, 6.07) is 0. The molecule has 0 saturated heterocycles. The van der Waals surface area contributed by atoms with Gasteiger partial charge in [-0.2, -0.15) is 0 Å². The molecule has 0 saturated carbocycles. The van der Waals surface area contributed by atoms with Gasteiger partial charge in [-0.3, -0.25) is 9.59 Å². The van der Waals surface area contributed by atoms with E-state index in [0.29, 0.717) is 11.7 Å². The lowest BCUT2D eigenvalue weighted by atomic mass is 10.5. The second-order valence-electron chi connectivity index (χ2n) is 3.43. The molecule has 0 bridgehead atoms. The van der Waals surface area contributed by atoms with Gasteiger partial charge in [0.2, 0.25) is 5.91 Å². The van der Waals surface area contributed by atoms with Crippen LogP contribution in [0, 0.1) is 0 Å². The zero-order valence-corrected chi connectivity index (χ0v) is 10.6. The number of nitrogens with zero attached hydrogens (tertiary/aromatic N) is 3. The van der Waals surface area contributed by atoms with Gasteiger partial charge in [0, 0.05) is 26.0 Å². The lowest BCUT2D eigenvalue weighted by Gasteiger charge is -2.15. The number of amides is 1. The average molecular weight is 257 g/mol. The third-order valence-corrected chi connectivity index (χ3v) is 3.20. The van der Waals surface area contributed by atoms with Crippen molar-refractivity contribution in [2.24, 2.45) is 0 Å². The number of carboxylic acids is 1. The number of carboxylic acid groups (broad SMARTS) is 1. The first-order valence-electron chi connectivity index (χ1n) is 5.14. The Bertz CT molecular complexity index is 405. The van der Waals surface area contributed by atoms with Crippen molar-refractivity contribution in [3.05, 3.63) is 12.4 Å². The number of hydrogen-bond acceptors (Lipinski definition) is 4. The molecular formula is C10H15N3O3S. The number of aliphatic carboxylic acids is 1. The van der Waals surface area contributed by atoms with Crippen LogP contribution < -0.4 is 0 Å². The predicted molar refractivity (Wildman–Crippen MR) is 63.9 cm³/mol. The maximum Gasteiger partial charge on any atom is 0.313 e. The summed E-state index contributed by atoms with van der Waals surface area (Å²) in [5, 5.41) is 9.12. The molecule has 0 aliphatic rings. The van der Waals surface area contributed by atoms with Crippen LogP contribution in [-0.4, -0.2) is 50.8 Å². The number of carbonyl (C=O) groups is 2. The highest BCUT2D eigenvalue weighted by molar-refractivity contribution is 7.99. The van der Waals surface area contributed by atoms with Crippen LogP contribution in [-0.2, 0) is 16.1 Å². The molecule has 0 aromatic carbocycles. The maximum atomic E-state index is 11.7. The smallest absolute Gasteiger partial charge is 0.313 e. The Balaban J connectivity index is 2.62. The zero-order valence-electron chi connectivity index (χ0n) is 9.79. The molecule has 7 heteroatoms. The highest BCUT2D eigenvalue weighted by Gasteiger charge is 2.11. The topological polar surface area (TPSA) is 75.4 Å². The summed E-state index contributed by atoms with van der Waals surface area (Å²) in [6.07, 6.45) is 3.23. The molecule has 0 radical (unpaired) electrons. The molecule has 1 heterocycles. The Hall–Kier alpha value is -1.50. The normalized spacial score (nSPS) is 10.2. The SMILES string of the molecule is CCN(C)C(=O)Cn1ccnc1SCC(=O)O. The Morgan fingerprint density at radius 2 is 2.29 bits per heavy atom. The monoisotopic (exact) mass is 257 g/mol. The van der Waals surface area contributed by atoms with Gasteiger partial charge < -0.3 is 14.6 Å². The fraction of sp³-hybridized carbons (Fsp3) is 0.500. The van der Waals surface area contributed by atoms with Crippen LogP contribution in [0.5, 0.6) is 0 Å². The number of imidazole rings is 1. The molecule has 94 valence electrons. The summed E-state index contributed by atoms with van der Waals surface area (Å²) in [4.78, 5) is 27.8. The number of carbonyl (C=O) groups excluding carboxylic acids is 1. The van der Waals surface area contributed by atoms with E-state index in [2.05, 4.69) is 4.98 Å². The van der Waals surface area contributed by atoms with E-state index in [-0.39, 0.29) is 18.2 Å². The second-order valence-corrected chi connectivity index (χ2v) is 4.37. The Labute approximate surface area is 104 Å². The fourth-order valence-electron chi connectivity index (χ4n) is 1.13. The van der Waals surface area contributed by atoms with Crippen LogP contribution in [0.15, 0.2) is 17.6 Å². The third-order valence-electron chi connectivity index (χ3n) is 2.21. The van der Waals surface area contributed by atoms with Crippen molar-refractivity contribution in [3.8, 4) is 0 Å². The summed E-state index contributed by atoms with van der Waals surface area (Å²) in [6.45, 7) is 2.73. The fourth-order valence-corrected chi connectivity index (χ4v) is 1.80. The molecule has 1 aromatic rings. The molecule has 0 aliphatic heterocycles. The van der Waals surface area contributed by atoms with Gasteiger partial charge in [-0.05, 0) is 6.92 Å². The minimum absolute atomic E-state index is 0.0253. The molecule has 6 nitrogen and oxygen atoms in total. The zero-order chi connectivity index (χ0) is 12.8. The quantitative estimate of drug-likeness (QED) is 0.753. The van der Waals surface area contributed by atoms with E-state index < -0.39 is 5.97 Å². The van der Waals surface area contributed by atoms with E-state index in [1.54, 1.807) is 28.9 Å². The van der Waals surface area contributed by atoms with Gasteiger partial charge in [0.05, 0.1) is 5.75 Å². The van der Waals surface area contributed by atoms with E-state index in [0.717, 1.165) is 11.8 Å². The van der Waals surface area contributed by atoms with Crippen molar-refractivity contribution < 1.29 is 14.7 Å². The van der Waals surface area contributed by atoms with Gasteiger partial charge in [0.1, 0.15) is 6.54 Å². The van der Waals surface area contributed by atoms with E-state index in [1.165, 1.54) is 0 Å². The first-order chi connectivity index (χ1) is 8.04. The lowest BCUT2D eigenvalue weighted by Crippen LogP contribution is -2.29. The van der Waals surface area contributed by atoms with E-state index in [1.807, 2.05) is 6.92 Å². The molecule has 0 spiro atoms.